The predicted molar refractivity (Wildman–Crippen MR) is 67.3 cm³/mol. The molecule has 1 aliphatic rings. The van der Waals surface area contributed by atoms with Gasteiger partial charge in [-0.2, -0.15) is 0 Å². The average Bonchev–Trinajstić information content (AvgIpc) is 3.18. The number of hydrogen-bond donors (Lipinski definition) is 2. The first-order valence-electron chi connectivity index (χ1n) is 6.02. The lowest BCUT2D eigenvalue weighted by Crippen LogP contribution is -2.35. The van der Waals surface area contributed by atoms with Gasteiger partial charge in [-0.1, -0.05) is 6.07 Å². The standard InChI is InChI=1S/C12H15FN2O3S/c13-10-2-1-3-11(8-10)19(17,18)15-7-6-14-12(16)9-4-5-9/h1-3,8-9,15H,4-7H2,(H,14,16). The van der Waals surface area contributed by atoms with E-state index in [9.17, 15) is 17.6 Å². The van der Waals surface area contributed by atoms with Crippen LogP contribution in [-0.4, -0.2) is 27.4 Å². The fourth-order valence-corrected chi connectivity index (χ4v) is 2.64. The molecule has 1 aromatic rings. The maximum absolute atomic E-state index is 12.9. The van der Waals surface area contributed by atoms with Crippen LogP contribution in [0, 0.1) is 11.7 Å². The lowest BCUT2D eigenvalue weighted by atomic mass is 10.4. The molecule has 19 heavy (non-hydrogen) atoms. The second-order valence-corrected chi connectivity index (χ2v) is 6.19. The minimum absolute atomic E-state index is 0.0371. The number of nitrogens with one attached hydrogen (secondary N) is 2. The van der Waals surface area contributed by atoms with Gasteiger partial charge in [-0.15, -0.1) is 0 Å². The molecule has 0 radical (unpaired) electrons. The van der Waals surface area contributed by atoms with Crippen molar-refractivity contribution in [1.82, 2.24) is 10.0 Å². The summed E-state index contributed by atoms with van der Waals surface area (Å²) in [6.07, 6.45) is 1.81. The third-order valence-corrected chi connectivity index (χ3v) is 4.23. The Labute approximate surface area is 111 Å². The Kier molecular flexibility index (Phi) is 4.16. The number of carbonyl (C=O) groups excluding carboxylic acids is 1. The molecule has 1 aromatic carbocycles. The molecule has 2 N–H and O–H groups in total. The van der Waals surface area contributed by atoms with Crippen molar-refractivity contribution >= 4 is 15.9 Å². The van der Waals surface area contributed by atoms with Crippen molar-refractivity contribution in [1.29, 1.82) is 0 Å². The zero-order valence-electron chi connectivity index (χ0n) is 10.2. The van der Waals surface area contributed by atoms with Gasteiger partial charge < -0.3 is 5.32 Å². The second kappa shape index (κ2) is 5.66. The zero-order valence-corrected chi connectivity index (χ0v) is 11.0. The first-order valence-corrected chi connectivity index (χ1v) is 7.50. The average molecular weight is 286 g/mol. The van der Waals surface area contributed by atoms with Crippen molar-refractivity contribution in [2.45, 2.75) is 17.7 Å². The highest BCUT2D eigenvalue weighted by Gasteiger charge is 2.29. The van der Waals surface area contributed by atoms with Crippen molar-refractivity contribution in [3.63, 3.8) is 0 Å². The molecule has 0 saturated heterocycles. The Hall–Kier alpha value is -1.47. The van der Waals surface area contributed by atoms with Gasteiger partial charge in [-0.3, -0.25) is 4.79 Å². The Balaban J connectivity index is 1.82. The molecule has 0 atom stereocenters. The molecule has 5 nitrogen and oxygen atoms in total. The smallest absolute Gasteiger partial charge is 0.240 e. The fraction of sp³-hybridized carbons (Fsp3) is 0.417. The lowest BCUT2D eigenvalue weighted by Gasteiger charge is -2.07. The molecular weight excluding hydrogens is 271 g/mol. The van der Waals surface area contributed by atoms with Crippen LogP contribution in [0.4, 0.5) is 4.39 Å². The van der Waals surface area contributed by atoms with Crippen LogP contribution in [-0.2, 0) is 14.8 Å². The second-order valence-electron chi connectivity index (χ2n) is 4.42. The summed E-state index contributed by atoms with van der Waals surface area (Å²) in [5.74, 6) is -0.547. The molecule has 104 valence electrons. The van der Waals surface area contributed by atoms with Crippen molar-refractivity contribution in [3.05, 3.63) is 30.1 Å². The van der Waals surface area contributed by atoms with Crippen molar-refractivity contribution in [2.75, 3.05) is 13.1 Å². The Bertz CT molecular complexity index is 570. The first kappa shape index (κ1) is 14.0. The summed E-state index contributed by atoms with van der Waals surface area (Å²) in [6, 6.07) is 4.77. The normalized spacial score (nSPS) is 15.2. The highest BCUT2D eigenvalue weighted by atomic mass is 32.2. The van der Waals surface area contributed by atoms with E-state index in [1.54, 1.807) is 0 Å². The van der Waals surface area contributed by atoms with Gasteiger partial charge in [0.25, 0.3) is 0 Å². The number of sulfonamides is 1. The monoisotopic (exact) mass is 286 g/mol. The summed E-state index contributed by atoms with van der Waals surface area (Å²) in [5.41, 5.74) is 0. The van der Waals surface area contributed by atoms with E-state index >= 15 is 0 Å². The number of amides is 1. The van der Waals surface area contributed by atoms with Crippen LogP contribution in [0.1, 0.15) is 12.8 Å². The Morgan fingerprint density at radius 1 is 1.32 bits per heavy atom. The van der Waals surface area contributed by atoms with Gasteiger partial charge in [-0.25, -0.2) is 17.5 Å². The van der Waals surface area contributed by atoms with Crippen LogP contribution < -0.4 is 10.0 Å². The summed E-state index contributed by atoms with van der Waals surface area (Å²) in [5, 5.41) is 2.64. The lowest BCUT2D eigenvalue weighted by molar-refractivity contribution is -0.122. The van der Waals surface area contributed by atoms with Gasteiger partial charge in [-0.05, 0) is 31.0 Å². The van der Waals surface area contributed by atoms with E-state index < -0.39 is 15.8 Å². The molecule has 0 unspecified atom stereocenters. The summed E-state index contributed by atoms with van der Waals surface area (Å²) in [6.45, 7) is 0.307. The van der Waals surface area contributed by atoms with E-state index in [2.05, 4.69) is 10.0 Å². The van der Waals surface area contributed by atoms with Gasteiger partial charge in [0.15, 0.2) is 0 Å². The minimum atomic E-state index is -3.73. The number of halogens is 1. The van der Waals surface area contributed by atoms with Gasteiger partial charge in [0, 0.05) is 19.0 Å². The Morgan fingerprint density at radius 2 is 2.05 bits per heavy atom. The Morgan fingerprint density at radius 3 is 2.68 bits per heavy atom. The quantitative estimate of drug-likeness (QED) is 0.753. The number of rotatable bonds is 6. The summed E-state index contributed by atoms with van der Waals surface area (Å²) < 4.78 is 38.8. The largest absolute Gasteiger partial charge is 0.355 e. The van der Waals surface area contributed by atoms with Crippen LogP contribution in [0.5, 0.6) is 0 Å². The van der Waals surface area contributed by atoms with Gasteiger partial charge in [0.1, 0.15) is 5.82 Å². The van der Waals surface area contributed by atoms with Crippen LogP contribution in [0.25, 0.3) is 0 Å². The van der Waals surface area contributed by atoms with Crippen molar-refractivity contribution < 1.29 is 17.6 Å². The molecule has 1 fully saturated rings. The molecule has 1 amide bonds. The summed E-state index contributed by atoms with van der Waals surface area (Å²) in [7, 11) is -3.73. The van der Waals surface area contributed by atoms with Crippen molar-refractivity contribution in [3.8, 4) is 0 Å². The molecule has 0 spiro atoms. The van der Waals surface area contributed by atoms with Gasteiger partial charge in [0.2, 0.25) is 15.9 Å². The maximum atomic E-state index is 12.9. The number of carbonyl (C=O) groups is 1. The van der Waals surface area contributed by atoms with E-state index in [4.69, 9.17) is 0 Å². The molecule has 1 aliphatic carbocycles. The molecule has 0 aromatic heterocycles. The highest BCUT2D eigenvalue weighted by molar-refractivity contribution is 7.89. The van der Waals surface area contributed by atoms with Crippen LogP contribution in [0.3, 0.4) is 0 Å². The molecule has 7 heteroatoms. The van der Waals surface area contributed by atoms with Gasteiger partial charge >= 0.3 is 0 Å². The first-order chi connectivity index (χ1) is 8.99. The SMILES string of the molecule is O=C(NCCNS(=O)(=O)c1cccc(F)c1)C1CC1. The van der Waals surface area contributed by atoms with E-state index in [-0.39, 0.29) is 29.8 Å². The molecule has 0 heterocycles. The molecule has 0 bridgehead atoms. The van der Waals surface area contributed by atoms with Gasteiger partial charge in [0.05, 0.1) is 4.90 Å². The third-order valence-electron chi connectivity index (χ3n) is 2.77. The maximum Gasteiger partial charge on any atom is 0.240 e. The number of hydrogen-bond acceptors (Lipinski definition) is 3. The van der Waals surface area contributed by atoms with Crippen LogP contribution >= 0.6 is 0 Å². The predicted octanol–water partition coefficient (Wildman–Crippen LogP) is 0.630. The molecular formula is C12H15FN2O3S. The van der Waals surface area contributed by atoms with Crippen molar-refractivity contribution in [2.24, 2.45) is 5.92 Å². The topological polar surface area (TPSA) is 75.3 Å². The summed E-state index contributed by atoms with van der Waals surface area (Å²) >= 11 is 0. The minimum Gasteiger partial charge on any atom is -0.355 e. The van der Waals surface area contributed by atoms with E-state index in [0.717, 1.165) is 18.9 Å². The van der Waals surface area contributed by atoms with E-state index in [1.165, 1.54) is 18.2 Å². The summed E-state index contributed by atoms with van der Waals surface area (Å²) in [4.78, 5) is 11.2. The fourth-order valence-electron chi connectivity index (χ4n) is 1.58. The third kappa shape index (κ3) is 4.00. The van der Waals surface area contributed by atoms with Crippen LogP contribution in [0.15, 0.2) is 29.2 Å². The zero-order chi connectivity index (χ0) is 13.9. The van der Waals surface area contributed by atoms with E-state index in [1.807, 2.05) is 0 Å². The highest BCUT2D eigenvalue weighted by Crippen LogP contribution is 2.28. The number of benzene rings is 1. The van der Waals surface area contributed by atoms with E-state index in [0.29, 0.717) is 0 Å². The molecule has 2 rings (SSSR count). The van der Waals surface area contributed by atoms with Crippen LogP contribution in [0.2, 0.25) is 0 Å². The molecule has 1 saturated carbocycles. The molecule has 0 aliphatic heterocycles.